The van der Waals surface area contributed by atoms with E-state index in [4.69, 9.17) is 23.9 Å². The molecular weight excluding hydrogens is 881 g/mol. The highest BCUT2D eigenvalue weighted by Crippen LogP contribution is 2.29. The van der Waals surface area contributed by atoms with Crippen molar-refractivity contribution >= 4 is 42.0 Å². The molecule has 69 heavy (non-hydrogen) atoms. The van der Waals surface area contributed by atoms with Gasteiger partial charge in [-0.3, -0.25) is 29.2 Å². The average Bonchev–Trinajstić information content (AvgIpc) is 3.30. The van der Waals surface area contributed by atoms with Gasteiger partial charge < -0.3 is 34.0 Å². The van der Waals surface area contributed by atoms with Crippen molar-refractivity contribution in [3.05, 3.63) is 46.8 Å². The van der Waals surface area contributed by atoms with Crippen molar-refractivity contribution < 1.29 is 42.9 Å². The van der Waals surface area contributed by atoms with E-state index in [2.05, 4.69) is 43.2 Å². The van der Waals surface area contributed by atoms with E-state index in [1.807, 2.05) is 61.5 Å². The summed E-state index contributed by atoms with van der Waals surface area (Å²) < 4.78 is 21.0. The number of anilines is 2. The van der Waals surface area contributed by atoms with E-state index in [1.165, 1.54) is 0 Å². The average molecular weight is 965 g/mol. The zero-order valence-corrected chi connectivity index (χ0v) is 43.3. The molecule has 6 rings (SSSR count). The number of rotatable bonds is 17. The van der Waals surface area contributed by atoms with E-state index in [1.54, 1.807) is 9.80 Å². The quantitative estimate of drug-likeness (QED) is 0.0758. The molecular formula is C52H84N8O9. The second-order valence-electron chi connectivity index (χ2n) is 20.0. The van der Waals surface area contributed by atoms with Crippen LogP contribution in [0.3, 0.4) is 0 Å². The molecule has 6 heterocycles. The van der Waals surface area contributed by atoms with Crippen molar-refractivity contribution in [2.24, 2.45) is 0 Å². The van der Waals surface area contributed by atoms with Gasteiger partial charge in [-0.1, -0.05) is 18.6 Å². The fourth-order valence-electron chi connectivity index (χ4n) is 8.40. The SMILES string of the molecule is CC(C)(C)OC(=O)N1CCCc2ccc(CCCCC=O)nc21.CCOC(=O)CN1CCN(CCCCCc2ccc3c(n2)N(C(=O)OC(C)(C)C)CCC3)CC1.CCOC(=O)CN1CCNCC1. The number of fused-ring (bicyclic) bond motifs is 2. The number of hydrogen-bond acceptors (Lipinski definition) is 15. The third-order valence-corrected chi connectivity index (χ3v) is 11.8. The molecule has 4 aliphatic rings. The smallest absolute Gasteiger partial charge is 0.416 e. The highest BCUT2D eigenvalue weighted by Gasteiger charge is 2.30. The van der Waals surface area contributed by atoms with Gasteiger partial charge in [0, 0.05) is 83.3 Å². The largest absolute Gasteiger partial charge is 0.465 e. The third-order valence-electron chi connectivity index (χ3n) is 11.8. The van der Waals surface area contributed by atoms with Crippen LogP contribution in [0, 0.1) is 0 Å². The zero-order valence-electron chi connectivity index (χ0n) is 43.3. The van der Waals surface area contributed by atoms with Gasteiger partial charge in [0.1, 0.15) is 29.1 Å². The second-order valence-corrected chi connectivity index (χ2v) is 20.0. The van der Waals surface area contributed by atoms with Gasteiger partial charge in [-0.25, -0.2) is 19.6 Å². The second kappa shape index (κ2) is 29.5. The van der Waals surface area contributed by atoms with Gasteiger partial charge in [0.2, 0.25) is 0 Å². The number of hydrogen-bond donors (Lipinski definition) is 1. The van der Waals surface area contributed by atoms with Crippen LogP contribution in [-0.2, 0) is 59.0 Å². The Morgan fingerprint density at radius 1 is 0.594 bits per heavy atom. The Balaban J connectivity index is 0.000000254. The van der Waals surface area contributed by atoms with Crippen molar-refractivity contribution in [3.8, 4) is 0 Å². The first-order valence-electron chi connectivity index (χ1n) is 25.6. The monoisotopic (exact) mass is 965 g/mol. The van der Waals surface area contributed by atoms with Crippen molar-refractivity contribution in [2.75, 3.05) is 108 Å². The zero-order chi connectivity index (χ0) is 50.2. The molecule has 4 aliphatic heterocycles. The third kappa shape index (κ3) is 21.4. The molecule has 17 heteroatoms. The van der Waals surface area contributed by atoms with Crippen LogP contribution in [0.1, 0.15) is 129 Å². The van der Waals surface area contributed by atoms with Crippen LogP contribution in [0.5, 0.6) is 0 Å². The molecule has 0 aliphatic carbocycles. The first-order valence-corrected chi connectivity index (χ1v) is 25.6. The van der Waals surface area contributed by atoms with Gasteiger partial charge in [-0.15, -0.1) is 0 Å². The highest BCUT2D eigenvalue weighted by molar-refractivity contribution is 5.89. The maximum absolute atomic E-state index is 12.7. The number of aromatic nitrogens is 2. The molecule has 2 saturated heterocycles. The summed E-state index contributed by atoms with van der Waals surface area (Å²) in [5.74, 6) is 1.28. The summed E-state index contributed by atoms with van der Waals surface area (Å²) in [7, 11) is 0. The number of aryl methyl sites for hydroxylation is 4. The molecule has 2 aromatic heterocycles. The Labute approximate surface area is 412 Å². The van der Waals surface area contributed by atoms with E-state index in [0.29, 0.717) is 45.8 Å². The lowest BCUT2D eigenvalue weighted by atomic mass is 10.0. The fourth-order valence-corrected chi connectivity index (χ4v) is 8.40. The van der Waals surface area contributed by atoms with Gasteiger partial charge in [0.15, 0.2) is 0 Å². The lowest BCUT2D eigenvalue weighted by Crippen LogP contribution is -2.48. The first kappa shape index (κ1) is 56.9. The normalized spacial score (nSPS) is 16.6. The molecule has 386 valence electrons. The van der Waals surface area contributed by atoms with Gasteiger partial charge in [-0.05, 0) is 149 Å². The van der Waals surface area contributed by atoms with Gasteiger partial charge >= 0.3 is 24.1 Å². The van der Waals surface area contributed by atoms with Crippen LogP contribution < -0.4 is 15.1 Å². The number of nitrogens with zero attached hydrogens (tertiary/aromatic N) is 7. The predicted octanol–water partition coefficient (Wildman–Crippen LogP) is 6.80. The lowest BCUT2D eigenvalue weighted by Gasteiger charge is -2.34. The number of ether oxygens (including phenoxy) is 4. The minimum Gasteiger partial charge on any atom is -0.465 e. The molecule has 0 bridgehead atoms. The Morgan fingerprint density at radius 3 is 1.49 bits per heavy atom. The van der Waals surface area contributed by atoms with Gasteiger partial charge in [0.05, 0.1) is 26.3 Å². The number of carbonyl (C=O) groups excluding carboxylic acids is 5. The van der Waals surface area contributed by atoms with Crippen LogP contribution in [0.2, 0.25) is 0 Å². The van der Waals surface area contributed by atoms with Crippen LogP contribution in [0.15, 0.2) is 24.3 Å². The van der Waals surface area contributed by atoms with Crippen LogP contribution in [0.4, 0.5) is 21.2 Å². The molecule has 2 amide bonds. The molecule has 0 radical (unpaired) electrons. The fraction of sp³-hybridized carbons (Fsp3) is 0.712. The van der Waals surface area contributed by atoms with E-state index in [0.717, 1.165) is 170 Å². The molecule has 0 aromatic carbocycles. The van der Waals surface area contributed by atoms with E-state index in [9.17, 15) is 24.0 Å². The summed E-state index contributed by atoms with van der Waals surface area (Å²) >= 11 is 0. The number of amides is 2. The van der Waals surface area contributed by atoms with E-state index in [-0.39, 0.29) is 24.1 Å². The lowest BCUT2D eigenvalue weighted by molar-refractivity contribution is -0.145. The number of nitrogens with one attached hydrogen (secondary N) is 1. The summed E-state index contributed by atoms with van der Waals surface area (Å²) in [6.45, 7) is 26.8. The maximum atomic E-state index is 12.7. The molecule has 0 saturated carbocycles. The summed E-state index contributed by atoms with van der Waals surface area (Å²) in [6.07, 6.45) is 11.6. The van der Waals surface area contributed by atoms with Crippen molar-refractivity contribution in [3.63, 3.8) is 0 Å². The van der Waals surface area contributed by atoms with Crippen molar-refractivity contribution in [1.29, 1.82) is 0 Å². The molecule has 0 unspecified atom stereocenters. The Hall–Kier alpha value is -4.71. The summed E-state index contributed by atoms with van der Waals surface area (Å²) in [5.41, 5.74) is 3.20. The Kier molecular flexibility index (Phi) is 24.3. The standard InChI is InChI=1S/C26H42N4O4.C18H26N2O3.C8H16N2O2/c1-5-33-23(31)20-29-18-16-28(17-19-29)14-8-6-7-11-22-13-12-21-10-9-15-30(24(21)27-22)25(32)34-26(2,3)4;1-18(2,3)23-17(22)20-12-7-8-14-10-11-15(19-16(14)20)9-5-4-6-13-21;1-2-12-8(11)7-10-5-3-9-4-6-10/h12-13H,5-11,14-20H2,1-4H3;10-11,13H,4-9,12H2,1-3H3;9H,2-7H2,1H3. The molecule has 17 nitrogen and oxygen atoms in total. The first-order chi connectivity index (χ1) is 33.0. The van der Waals surface area contributed by atoms with Gasteiger partial charge in [-0.2, -0.15) is 0 Å². The van der Waals surface area contributed by atoms with E-state index < -0.39 is 11.2 Å². The number of esters is 2. The summed E-state index contributed by atoms with van der Waals surface area (Å²) in [6, 6.07) is 8.33. The van der Waals surface area contributed by atoms with Crippen LogP contribution in [-0.4, -0.2) is 165 Å². The molecule has 0 atom stereocenters. The summed E-state index contributed by atoms with van der Waals surface area (Å²) in [4.78, 5) is 77.8. The topological polar surface area (TPSA) is 176 Å². The number of unbranched alkanes of at least 4 members (excludes halogenated alkanes) is 4. The maximum Gasteiger partial charge on any atom is 0.416 e. The van der Waals surface area contributed by atoms with Crippen molar-refractivity contribution in [1.82, 2.24) is 30.0 Å². The number of pyridine rings is 2. The number of carbonyl (C=O) groups is 5. The van der Waals surface area contributed by atoms with Crippen LogP contribution >= 0.6 is 0 Å². The highest BCUT2D eigenvalue weighted by atomic mass is 16.6. The number of aldehydes is 1. The molecule has 0 spiro atoms. The number of piperazine rings is 2. The predicted molar refractivity (Wildman–Crippen MR) is 269 cm³/mol. The Bertz CT molecular complexity index is 1910. The Morgan fingerprint density at radius 2 is 1.04 bits per heavy atom. The van der Waals surface area contributed by atoms with E-state index >= 15 is 0 Å². The van der Waals surface area contributed by atoms with Crippen molar-refractivity contribution in [2.45, 2.75) is 144 Å². The molecule has 1 N–H and O–H groups in total. The minimum atomic E-state index is -0.514. The molecule has 2 aromatic rings. The van der Waals surface area contributed by atoms with Crippen LogP contribution in [0.25, 0.3) is 0 Å². The minimum absolute atomic E-state index is 0.112. The van der Waals surface area contributed by atoms with Gasteiger partial charge in [0.25, 0.3) is 0 Å². The molecule has 2 fully saturated rings. The summed E-state index contributed by atoms with van der Waals surface area (Å²) in [5, 5.41) is 3.23.